The Balaban J connectivity index is 2.27. The zero-order valence-corrected chi connectivity index (χ0v) is 13.6. The largest absolute Gasteiger partial charge is 0.478 e. The molecule has 0 saturated heterocycles. The fourth-order valence-corrected chi connectivity index (χ4v) is 3.16. The zero-order chi connectivity index (χ0) is 15.4. The Labute approximate surface area is 134 Å². The Morgan fingerprint density at radius 1 is 1.48 bits per heavy atom. The lowest BCUT2D eigenvalue weighted by atomic mass is 10.1. The number of halogens is 2. The van der Waals surface area contributed by atoms with Gasteiger partial charge >= 0.3 is 5.97 Å². The third-order valence-corrected chi connectivity index (χ3v) is 4.40. The van der Waals surface area contributed by atoms with Crippen LogP contribution in [0.15, 0.2) is 39.5 Å². The van der Waals surface area contributed by atoms with Crippen molar-refractivity contribution in [1.82, 2.24) is 0 Å². The molecule has 0 bridgehead atoms. The van der Waals surface area contributed by atoms with E-state index in [0.717, 1.165) is 21.1 Å². The summed E-state index contributed by atoms with van der Waals surface area (Å²) in [6, 6.07) is 6.37. The van der Waals surface area contributed by atoms with E-state index < -0.39 is 11.8 Å². The number of thiophene rings is 1. The van der Waals surface area contributed by atoms with E-state index in [1.54, 1.807) is 17.4 Å². The monoisotopic (exact) mass is 369 g/mol. The van der Waals surface area contributed by atoms with Crippen molar-refractivity contribution in [2.45, 2.75) is 6.54 Å². The van der Waals surface area contributed by atoms with E-state index >= 15 is 0 Å². The van der Waals surface area contributed by atoms with E-state index in [9.17, 15) is 9.18 Å². The Morgan fingerprint density at radius 2 is 2.24 bits per heavy atom. The van der Waals surface area contributed by atoms with Gasteiger partial charge in [-0.3, -0.25) is 0 Å². The van der Waals surface area contributed by atoms with E-state index in [-0.39, 0.29) is 0 Å². The lowest BCUT2D eigenvalue weighted by Gasteiger charge is -2.21. The van der Waals surface area contributed by atoms with Crippen molar-refractivity contribution in [3.63, 3.8) is 0 Å². The molecule has 2 aromatic rings. The van der Waals surface area contributed by atoms with Crippen molar-refractivity contribution in [2.75, 3.05) is 11.9 Å². The van der Waals surface area contributed by atoms with Crippen LogP contribution < -0.4 is 4.90 Å². The molecule has 0 amide bonds. The Hall–Kier alpha value is -1.66. The van der Waals surface area contributed by atoms with Gasteiger partial charge in [0.2, 0.25) is 0 Å². The van der Waals surface area contributed by atoms with Gasteiger partial charge in [-0.15, -0.1) is 11.3 Å². The minimum atomic E-state index is -1.06. The predicted octanol–water partition coefficient (Wildman–Crippen LogP) is 4.38. The molecule has 3 nitrogen and oxygen atoms in total. The number of hydrogen-bond acceptors (Lipinski definition) is 3. The van der Waals surface area contributed by atoms with Crippen molar-refractivity contribution in [3.8, 4) is 0 Å². The smallest absolute Gasteiger partial charge is 0.328 e. The maximum absolute atomic E-state index is 13.4. The topological polar surface area (TPSA) is 40.5 Å². The fraction of sp³-hybridized carbons (Fsp3) is 0.133. The van der Waals surface area contributed by atoms with Gasteiger partial charge in [0.15, 0.2) is 0 Å². The Morgan fingerprint density at radius 3 is 2.86 bits per heavy atom. The molecule has 0 aliphatic carbocycles. The average molecular weight is 370 g/mol. The maximum Gasteiger partial charge on any atom is 0.328 e. The zero-order valence-electron chi connectivity index (χ0n) is 11.2. The lowest BCUT2D eigenvalue weighted by molar-refractivity contribution is -0.131. The van der Waals surface area contributed by atoms with Gasteiger partial charge in [0.25, 0.3) is 0 Å². The highest BCUT2D eigenvalue weighted by atomic mass is 79.9. The van der Waals surface area contributed by atoms with Gasteiger partial charge in [-0.05, 0) is 57.2 Å². The van der Waals surface area contributed by atoms with Crippen LogP contribution in [-0.2, 0) is 11.3 Å². The molecule has 1 heterocycles. The highest BCUT2D eigenvalue weighted by Gasteiger charge is 2.09. The summed E-state index contributed by atoms with van der Waals surface area (Å²) in [5.74, 6) is -1.45. The van der Waals surface area contributed by atoms with Crippen LogP contribution in [0.2, 0.25) is 0 Å². The highest BCUT2D eigenvalue weighted by Crippen LogP contribution is 2.26. The quantitative estimate of drug-likeness (QED) is 0.794. The molecule has 0 unspecified atom stereocenters. The van der Waals surface area contributed by atoms with Crippen LogP contribution in [-0.4, -0.2) is 18.1 Å². The average Bonchev–Trinajstić information content (AvgIpc) is 2.81. The molecule has 21 heavy (non-hydrogen) atoms. The fourth-order valence-electron chi connectivity index (χ4n) is 1.96. The second-order valence-electron chi connectivity index (χ2n) is 4.49. The lowest BCUT2D eigenvalue weighted by Crippen LogP contribution is -2.17. The summed E-state index contributed by atoms with van der Waals surface area (Å²) in [5.41, 5.74) is 2.44. The van der Waals surface area contributed by atoms with Crippen LogP contribution >= 0.6 is 27.3 Å². The summed E-state index contributed by atoms with van der Waals surface area (Å²) in [6.07, 6.45) is 2.41. The van der Waals surface area contributed by atoms with Gasteiger partial charge in [-0.2, -0.15) is 0 Å². The molecular weight excluding hydrogens is 357 g/mol. The molecule has 0 aliphatic rings. The van der Waals surface area contributed by atoms with E-state index in [0.29, 0.717) is 12.1 Å². The first-order chi connectivity index (χ1) is 9.95. The summed E-state index contributed by atoms with van der Waals surface area (Å²) in [4.78, 5) is 12.6. The van der Waals surface area contributed by atoms with Crippen LogP contribution in [0.3, 0.4) is 0 Å². The molecule has 1 aromatic heterocycles. The molecule has 0 atom stereocenters. The number of benzene rings is 1. The van der Waals surface area contributed by atoms with Crippen LogP contribution in [0.1, 0.15) is 11.1 Å². The third-order valence-electron chi connectivity index (χ3n) is 2.85. The van der Waals surface area contributed by atoms with Crippen LogP contribution in [0, 0.1) is 5.82 Å². The van der Waals surface area contributed by atoms with Crippen LogP contribution in [0.4, 0.5) is 10.1 Å². The van der Waals surface area contributed by atoms with Crippen molar-refractivity contribution in [2.24, 2.45) is 0 Å². The summed E-state index contributed by atoms with van der Waals surface area (Å²) >= 11 is 5.02. The minimum Gasteiger partial charge on any atom is -0.478 e. The van der Waals surface area contributed by atoms with Crippen molar-refractivity contribution < 1.29 is 14.3 Å². The molecule has 110 valence electrons. The molecule has 0 saturated carbocycles. The summed E-state index contributed by atoms with van der Waals surface area (Å²) < 4.78 is 14.4. The molecular formula is C15H13BrFNO2S. The molecule has 0 spiro atoms. The summed E-state index contributed by atoms with van der Waals surface area (Å²) in [7, 11) is 1.89. The Kier molecular flexibility index (Phi) is 5.14. The standard InChI is InChI=1S/C15H13BrFNO2S/c1-18(8-10-6-14(16)21-9-10)13-4-3-12(17)7-11(13)2-5-15(19)20/h2-7,9H,8H2,1H3,(H,19,20). The number of rotatable bonds is 5. The highest BCUT2D eigenvalue weighted by molar-refractivity contribution is 9.11. The van der Waals surface area contributed by atoms with Crippen molar-refractivity contribution in [3.05, 3.63) is 56.5 Å². The SMILES string of the molecule is CN(Cc1csc(Br)c1)c1ccc(F)cc1C=CC(=O)O. The first-order valence-electron chi connectivity index (χ1n) is 6.10. The first-order valence-corrected chi connectivity index (χ1v) is 7.77. The van der Waals surface area contributed by atoms with E-state index in [2.05, 4.69) is 15.9 Å². The normalized spacial score (nSPS) is 11.0. The second-order valence-corrected chi connectivity index (χ2v) is 6.78. The second kappa shape index (κ2) is 6.87. The number of aliphatic carboxylic acids is 1. The Bertz CT molecular complexity index is 684. The third kappa shape index (κ3) is 4.41. The first kappa shape index (κ1) is 15.7. The van der Waals surface area contributed by atoms with E-state index in [4.69, 9.17) is 5.11 Å². The van der Waals surface area contributed by atoms with E-state index in [1.165, 1.54) is 18.2 Å². The van der Waals surface area contributed by atoms with Gasteiger partial charge in [0.05, 0.1) is 3.79 Å². The number of hydrogen-bond donors (Lipinski definition) is 1. The summed E-state index contributed by atoms with van der Waals surface area (Å²) in [6.45, 7) is 0.654. The molecule has 2 rings (SSSR count). The molecule has 0 aliphatic heterocycles. The minimum absolute atomic E-state index is 0.393. The molecule has 0 fully saturated rings. The number of carboxylic acid groups (broad SMARTS) is 1. The van der Waals surface area contributed by atoms with Gasteiger partial charge < -0.3 is 10.0 Å². The number of nitrogens with zero attached hydrogens (tertiary/aromatic N) is 1. The van der Waals surface area contributed by atoms with Crippen molar-refractivity contribution >= 4 is 45.0 Å². The van der Waals surface area contributed by atoms with Crippen LogP contribution in [0.5, 0.6) is 0 Å². The number of carboxylic acids is 1. The van der Waals surface area contributed by atoms with Crippen molar-refractivity contribution in [1.29, 1.82) is 0 Å². The van der Waals surface area contributed by atoms with Gasteiger partial charge in [-0.1, -0.05) is 0 Å². The molecule has 6 heteroatoms. The van der Waals surface area contributed by atoms with Gasteiger partial charge in [-0.25, -0.2) is 9.18 Å². The van der Waals surface area contributed by atoms with Crippen LogP contribution in [0.25, 0.3) is 6.08 Å². The molecule has 1 aromatic carbocycles. The number of anilines is 1. The predicted molar refractivity (Wildman–Crippen MR) is 87.2 cm³/mol. The van der Waals surface area contributed by atoms with E-state index in [1.807, 2.05) is 23.4 Å². The van der Waals surface area contributed by atoms with Gasteiger partial charge in [0.1, 0.15) is 5.82 Å². The molecule has 0 radical (unpaired) electrons. The summed E-state index contributed by atoms with van der Waals surface area (Å²) in [5, 5.41) is 10.8. The van der Waals surface area contributed by atoms with Gasteiger partial charge in [0, 0.05) is 30.9 Å². The number of carbonyl (C=O) groups is 1. The molecule has 1 N–H and O–H groups in total. The maximum atomic E-state index is 13.4.